The zero-order valence-corrected chi connectivity index (χ0v) is 15.1. The van der Waals surface area contributed by atoms with Gasteiger partial charge in [0.15, 0.2) is 10.7 Å². The zero-order valence-electron chi connectivity index (χ0n) is 14.3. The molecule has 1 aliphatic rings. The number of hydrogen-bond acceptors (Lipinski definition) is 3. The number of rotatable bonds is 3. The molecule has 0 saturated heterocycles. The molecule has 0 amide bonds. The summed E-state index contributed by atoms with van der Waals surface area (Å²) in [5.41, 5.74) is 2.27. The van der Waals surface area contributed by atoms with Crippen molar-refractivity contribution in [2.45, 2.75) is 11.8 Å². The predicted molar refractivity (Wildman–Crippen MR) is 107 cm³/mol. The topological polar surface area (TPSA) is 52.9 Å². The molecule has 0 aromatic heterocycles. The molecule has 1 aliphatic heterocycles. The van der Waals surface area contributed by atoms with Gasteiger partial charge in [0, 0.05) is 10.9 Å². The van der Waals surface area contributed by atoms with Crippen LogP contribution in [0.15, 0.2) is 76.7 Å². The molecule has 3 aromatic rings. The first kappa shape index (κ1) is 16.4. The number of fused-ring (bicyclic) bond motifs is 3. The first-order valence-corrected chi connectivity index (χ1v) is 9.86. The third kappa shape index (κ3) is 2.77. The number of carbonyl (C=O) groups is 1. The Bertz CT molecular complexity index is 1080. The van der Waals surface area contributed by atoms with E-state index in [1.807, 2.05) is 12.1 Å². The van der Waals surface area contributed by atoms with Crippen molar-refractivity contribution < 1.29 is 4.79 Å². The fraction of sp³-hybridized carbons (Fsp3) is 0.0909. The van der Waals surface area contributed by atoms with E-state index in [0.717, 1.165) is 16.5 Å². The molecule has 3 aromatic carbocycles. The molecule has 4 heteroatoms. The second-order valence-electron chi connectivity index (χ2n) is 6.03. The molecule has 1 unspecified atom stereocenters. The van der Waals surface area contributed by atoms with Gasteiger partial charge in [0.05, 0.1) is 28.6 Å². The highest BCUT2D eigenvalue weighted by molar-refractivity contribution is 8.01. The summed E-state index contributed by atoms with van der Waals surface area (Å²) in [4.78, 5) is 14.0. The third-order valence-electron chi connectivity index (χ3n) is 4.52. The van der Waals surface area contributed by atoms with Crippen molar-refractivity contribution in [1.82, 2.24) is 0 Å². The number of benzene rings is 3. The van der Waals surface area contributed by atoms with E-state index < -0.39 is 0 Å². The first-order chi connectivity index (χ1) is 12.7. The Morgan fingerprint density at radius 1 is 1.12 bits per heavy atom. The van der Waals surface area contributed by atoms with E-state index in [1.54, 1.807) is 30.3 Å². The van der Waals surface area contributed by atoms with Crippen molar-refractivity contribution >= 4 is 33.1 Å². The van der Waals surface area contributed by atoms with Crippen LogP contribution in [0.4, 0.5) is 5.69 Å². The maximum absolute atomic E-state index is 12.7. The minimum Gasteiger partial charge on any atom is -0.311 e. The Kier molecular flexibility index (Phi) is 4.24. The van der Waals surface area contributed by atoms with Crippen LogP contribution in [-0.2, 0) is 10.9 Å². The molecule has 1 N–H and O–H groups in total. The lowest BCUT2D eigenvalue weighted by Crippen LogP contribution is -2.09. The molecule has 3 nitrogen and oxygen atoms in total. The number of nitrogens with zero attached hydrogens (tertiary/aromatic N) is 1. The van der Waals surface area contributed by atoms with Crippen molar-refractivity contribution in [3.63, 3.8) is 0 Å². The summed E-state index contributed by atoms with van der Waals surface area (Å²) in [7, 11) is -0.127. The highest BCUT2D eigenvalue weighted by Gasteiger charge is 2.38. The number of allylic oxidation sites excluding steroid dienone is 1. The Morgan fingerprint density at radius 3 is 2.62 bits per heavy atom. The van der Waals surface area contributed by atoms with E-state index in [-0.39, 0.29) is 16.7 Å². The van der Waals surface area contributed by atoms with E-state index >= 15 is 0 Å². The monoisotopic (exact) mass is 357 g/mol. The van der Waals surface area contributed by atoms with Gasteiger partial charge in [-0.1, -0.05) is 24.3 Å². The van der Waals surface area contributed by atoms with Gasteiger partial charge < -0.3 is 5.32 Å². The Balaban J connectivity index is 1.72. The van der Waals surface area contributed by atoms with Gasteiger partial charge in [-0.25, -0.2) is 0 Å². The molecule has 0 saturated carbocycles. The molecule has 126 valence electrons. The molecule has 1 heterocycles. The number of hydrogen-bond donors (Lipinski definition) is 1. The quantitative estimate of drug-likeness (QED) is 0.414. The van der Waals surface area contributed by atoms with Crippen LogP contribution in [0.1, 0.15) is 22.8 Å². The van der Waals surface area contributed by atoms with Crippen LogP contribution in [-0.4, -0.2) is 11.5 Å². The fourth-order valence-electron chi connectivity index (χ4n) is 3.22. The van der Waals surface area contributed by atoms with Gasteiger partial charge in [-0.3, -0.25) is 4.79 Å². The highest BCUT2D eigenvalue weighted by atomic mass is 32.2. The zero-order chi connectivity index (χ0) is 18.1. The first-order valence-electron chi connectivity index (χ1n) is 8.47. The predicted octanol–water partition coefficient (Wildman–Crippen LogP) is 4.86. The highest BCUT2D eigenvalue weighted by Crippen LogP contribution is 2.41. The average Bonchev–Trinajstić information content (AvgIpc) is 3.05. The van der Waals surface area contributed by atoms with E-state index in [1.165, 1.54) is 15.7 Å². The summed E-state index contributed by atoms with van der Waals surface area (Å²) in [5, 5.41) is 15.7. The van der Waals surface area contributed by atoms with Crippen LogP contribution >= 0.6 is 0 Å². The normalized spacial score (nSPS) is 16.9. The SMILES string of the molecule is CC[S+]1C(=CC(=O)c2ccc(C#N)cc2)Nc2c1ccc1ccccc21. The van der Waals surface area contributed by atoms with Crippen LogP contribution < -0.4 is 5.32 Å². The summed E-state index contributed by atoms with van der Waals surface area (Å²) < 4.78 is 0. The van der Waals surface area contributed by atoms with Crippen molar-refractivity contribution in [1.29, 1.82) is 5.26 Å². The number of carbonyl (C=O) groups excluding carboxylic acids is 1. The molecule has 0 fully saturated rings. The molecule has 0 spiro atoms. The Labute approximate surface area is 155 Å². The number of ketones is 1. The maximum Gasteiger partial charge on any atom is 0.235 e. The summed E-state index contributed by atoms with van der Waals surface area (Å²) in [5.74, 6) is 0.908. The van der Waals surface area contributed by atoms with Gasteiger partial charge in [-0.05, 0) is 48.7 Å². The van der Waals surface area contributed by atoms with Gasteiger partial charge in [0.25, 0.3) is 0 Å². The second kappa shape index (κ2) is 6.70. The molecule has 0 aliphatic carbocycles. The number of nitriles is 1. The molecular formula is C22H17N2OS+. The second-order valence-corrected chi connectivity index (χ2v) is 8.26. The average molecular weight is 357 g/mol. The van der Waals surface area contributed by atoms with Crippen LogP contribution in [0.3, 0.4) is 0 Å². The van der Waals surface area contributed by atoms with Crippen LogP contribution in [0.5, 0.6) is 0 Å². The third-order valence-corrected chi connectivity index (χ3v) is 6.72. The molecule has 0 radical (unpaired) electrons. The van der Waals surface area contributed by atoms with Gasteiger partial charge in [0.1, 0.15) is 11.4 Å². The van der Waals surface area contributed by atoms with Crippen molar-refractivity contribution in [3.8, 4) is 6.07 Å². The summed E-state index contributed by atoms with van der Waals surface area (Å²) >= 11 is 0. The molecule has 4 rings (SSSR count). The minimum atomic E-state index is -0.127. The lowest BCUT2D eigenvalue weighted by Gasteiger charge is -2.01. The van der Waals surface area contributed by atoms with Crippen LogP contribution in [0, 0.1) is 11.3 Å². The molecular weight excluding hydrogens is 340 g/mol. The number of nitrogens with one attached hydrogen (secondary N) is 1. The molecule has 0 bridgehead atoms. The Hall–Kier alpha value is -3.03. The van der Waals surface area contributed by atoms with E-state index in [9.17, 15) is 4.79 Å². The van der Waals surface area contributed by atoms with Gasteiger partial charge in [-0.2, -0.15) is 5.26 Å². The van der Waals surface area contributed by atoms with Crippen molar-refractivity contribution in [2.24, 2.45) is 0 Å². The van der Waals surface area contributed by atoms with Crippen LogP contribution in [0.25, 0.3) is 10.8 Å². The van der Waals surface area contributed by atoms with Gasteiger partial charge in [0.2, 0.25) is 5.03 Å². The van der Waals surface area contributed by atoms with E-state index in [2.05, 4.69) is 42.6 Å². The smallest absolute Gasteiger partial charge is 0.235 e. The summed E-state index contributed by atoms with van der Waals surface area (Å²) in [6, 6.07) is 21.5. The Morgan fingerprint density at radius 2 is 1.88 bits per heavy atom. The lowest BCUT2D eigenvalue weighted by atomic mass is 10.1. The molecule has 26 heavy (non-hydrogen) atoms. The van der Waals surface area contributed by atoms with E-state index in [4.69, 9.17) is 5.26 Å². The number of anilines is 1. The minimum absolute atomic E-state index is 0.0416. The van der Waals surface area contributed by atoms with Gasteiger partial charge in [-0.15, -0.1) is 0 Å². The van der Waals surface area contributed by atoms with E-state index in [0.29, 0.717) is 11.1 Å². The largest absolute Gasteiger partial charge is 0.311 e. The fourth-order valence-corrected chi connectivity index (χ4v) is 5.19. The summed E-state index contributed by atoms with van der Waals surface area (Å²) in [6.45, 7) is 2.15. The van der Waals surface area contributed by atoms with Crippen molar-refractivity contribution in [2.75, 3.05) is 11.1 Å². The standard InChI is InChI=1S/C22H16N2OS/c1-2-26-20-12-11-16-5-3-4-6-18(16)22(20)24-21(26)13-19(25)17-9-7-15(14-23)8-10-17/h3-13H,2H2,1H3/p+1. The van der Waals surface area contributed by atoms with Crippen molar-refractivity contribution in [3.05, 3.63) is 82.9 Å². The van der Waals surface area contributed by atoms with Crippen LogP contribution in [0.2, 0.25) is 0 Å². The molecule has 1 atom stereocenters. The summed E-state index contributed by atoms with van der Waals surface area (Å²) in [6.07, 6.45) is 1.71. The lowest BCUT2D eigenvalue weighted by molar-refractivity contribution is 0.104. The maximum atomic E-state index is 12.7. The van der Waals surface area contributed by atoms with Gasteiger partial charge >= 0.3 is 0 Å².